The monoisotopic (exact) mass is 417 g/mol. The van der Waals surface area contributed by atoms with Gasteiger partial charge in [-0.2, -0.15) is 16.8 Å². The third-order valence-corrected chi connectivity index (χ3v) is 5.76. The Morgan fingerprint density at radius 2 is 2.04 bits per heavy atom. The number of hydrogen-bond donors (Lipinski definition) is 0. The highest BCUT2D eigenvalue weighted by atomic mass is 32.2. The van der Waals surface area contributed by atoms with E-state index in [1.807, 2.05) is 23.0 Å². The number of thioether (sulfide) groups is 1. The summed E-state index contributed by atoms with van der Waals surface area (Å²) in [5.74, 6) is 1.32. The maximum atomic E-state index is 12.5. The van der Waals surface area contributed by atoms with E-state index in [0.717, 1.165) is 27.3 Å². The molecule has 0 spiro atoms. The number of carbonyl (C=O) groups is 1. The van der Waals surface area contributed by atoms with Crippen molar-refractivity contribution < 1.29 is 14.5 Å². The molecule has 0 fully saturated rings. The van der Waals surface area contributed by atoms with E-state index in [1.165, 1.54) is 23.5 Å². The number of rotatable bonds is 7. The Balaban J connectivity index is 1.96. The fourth-order valence-corrected chi connectivity index (χ4v) is 4.20. The number of nitro benzene ring substituents is 1. The first kappa shape index (κ1) is 20.1. The van der Waals surface area contributed by atoms with Crippen molar-refractivity contribution in [1.29, 1.82) is 0 Å². The topological polar surface area (TPSA) is 86.7 Å². The fraction of sp³-hybridized carbons (Fsp3) is 0.263. The molecule has 146 valence electrons. The molecular weight excluding hydrogens is 398 g/mol. The SMILES string of the molecule is COc1ccc(CC(=O)N=c2sc3cc([N+](=O)[O-])ccc3n2CCSC)cc1. The number of amides is 1. The molecule has 3 rings (SSSR count). The van der Waals surface area contributed by atoms with Gasteiger partial charge >= 0.3 is 0 Å². The van der Waals surface area contributed by atoms with Gasteiger partial charge in [0.1, 0.15) is 5.75 Å². The van der Waals surface area contributed by atoms with Crippen molar-refractivity contribution in [3.8, 4) is 5.75 Å². The summed E-state index contributed by atoms with van der Waals surface area (Å²) >= 11 is 2.98. The van der Waals surface area contributed by atoms with Gasteiger partial charge in [0.25, 0.3) is 11.6 Å². The first-order chi connectivity index (χ1) is 13.5. The minimum absolute atomic E-state index is 0.0295. The number of hydrogen-bond acceptors (Lipinski definition) is 6. The molecular formula is C19H19N3O4S2. The normalized spacial score (nSPS) is 11.7. The highest BCUT2D eigenvalue weighted by Gasteiger charge is 2.13. The molecule has 0 bridgehead atoms. The Bertz CT molecular complexity index is 1070. The largest absolute Gasteiger partial charge is 0.497 e. The standard InChI is InChI=1S/C19H19N3O4S2/c1-26-15-6-3-13(4-7-15)11-18(23)20-19-21(9-10-27-2)16-8-5-14(22(24)25)12-17(16)28-19/h3-8,12H,9-11H2,1-2H3. The van der Waals surface area contributed by atoms with Gasteiger partial charge in [-0.15, -0.1) is 0 Å². The molecule has 7 nitrogen and oxygen atoms in total. The van der Waals surface area contributed by atoms with E-state index in [1.54, 1.807) is 37.1 Å². The van der Waals surface area contributed by atoms with Crippen LogP contribution in [0.5, 0.6) is 5.75 Å². The number of ether oxygens (including phenoxy) is 1. The lowest BCUT2D eigenvalue weighted by Gasteiger charge is -2.04. The fourth-order valence-electron chi connectivity index (χ4n) is 2.72. The average molecular weight is 418 g/mol. The third kappa shape index (κ3) is 4.60. The second kappa shape index (κ2) is 9.03. The van der Waals surface area contributed by atoms with Crippen LogP contribution in [0.1, 0.15) is 5.56 Å². The summed E-state index contributed by atoms with van der Waals surface area (Å²) in [5, 5.41) is 11.0. The maximum absolute atomic E-state index is 12.5. The summed E-state index contributed by atoms with van der Waals surface area (Å²) in [6, 6.07) is 12.0. The van der Waals surface area contributed by atoms with E-state index >= 15 is 0 Å². The van der Waals surface area contributed by atoms with Crippen molar-refractivity contribution in [3.05, 3.63) is 62.9 Å². The van der Waals surface area contributed by atoms with Crippen LogP contribution in [-0.2, 0) is 17.8 Å². The first-order valence-corrected chi connectivity index (χ1v) is 10.7. The zero-order chi connectivity index (χ0) is 20.1. The van der Waals surface area contributed by atoms with E-state index in [-0.39, 0.29) is 18.0 Å². The number of aromatic nitrogens is 1. The Labute approximate surface area is 169 Å². The molecule has 0 unspecified atom stereocenters. The summed E-state index contributed by atoms with van der Waals surface area (Å²) in [6.45, 7) is 0.674. The van der Waals surface area contributed by atoms with Gasteiger partial charge in [-0.25, -0.2) is 0 Å². The number of carbonyl (C=O) groups excluding carboxylic acids is 1. The number of nitrogens with zero attached hydrogens (tertiary/aromatic N) is 3. The second-order valence-electron chi connectivity index (χ2n) is 5.97. The van der Waals surface area contributed by atoms with Crippen LogP contribution in [-0.4, -0.2) is 34.5 Å². The molecule has 1 aromatic heterocycles. The summed E-state index contributed by atoms with van der Waals surface area (Å²) in [5.41, 5.74) is 1.73. The molecule has 0 atom stereocenters. The summed E-state index contributed by atoms with van der Waals surface area (Å²) in [6.07, 6.45) is 2.19. The Morgan fingerprint density at radius 3 is 2.68 bits per heavy atom. The molecule has 1 heterocycles. The van der Waals surface area contributed by atoms with Gasteiger partial charge in [0.2, 0.25) is 0 Å². The van der Waals surface area contributed by atoms with E-state index in [9.17, 15) is 14.9 Å². The van der Waals surface area contributed by atoms with Gasteiger partial charge in [0.15, 0.2) is 4.80 Å². The van der Waals surface area contributed by atoms with Gasteiger partial charge in [0, 0.05) is 24.4 Å². The first-order valence-electron chi connectivity index (χ1n) is 8.49. The lowest BCUT2D eigenvalue weighted by Crippen LogP contribution is -2.18. The van der Waals surface area contributed by atoms with Crippen LogP contribution in [0, 0.1) is 10.1 Å². The number of methoxy groups -OCH3 is 1. The van der Waals surface area contributed by atoms with Gasteiger partial charge < -0.3 is 9.30 Å². The van der Waals surface area contributed by atoms with E-state index in [2.05, 4.69) is 4.99 Å². The number of non-ortho nitro benzene ring substituents is 1. The predicted molar refractivity (Wildman–Crippen MR) is 112 cm³/mol. The molecule has 3 aromatic rings. The molecule has 0 saturated carbocycles. The number of fused-ring (bicyclic) bond motifs is 1. The predicted octanol–water partition coefficient (Wildman–Crippen LogP) is 3.65. The summed E-state index contributed by atoms with van der Waals surface area (Å²) < 4.78 is 7.82. The van der Waals surface area contributed by atoms with Crippen LogP contribution in [0.4, 0.5) is 5.69 Å². The van der Waals surface area contributed by atoms with E-state index in [0.29, 0.717) is 11.3 Å². The summed E-state index contributed by atoms with van der Waals surface area (Å²) in [4.78, 5) is 28.0. The quantitative estimate of drug-likeness (QED) is 0.433. The van der Waals surface area contributed by atoms with Crippen LogP contribution in [0.25, 0.3) is 10.2 Å². The molecule has 0 aliphatic heterocycles. The van der Waals surface area contributed by atoms with Crippen molar-refractivity contribution >= 4 is 44.9 Å². The third-order valence-electron chi connectivity index (χ3n) is 4.13. The second-order valence-corrected chi connectivity index (χ2v) is 7.96. The number of aryl methyl sites for hydroxylation is 1. The Morgan fingerprint density at radius 1 is 1.29 bits per heavy atom. The molecule has 0 N–H and O–H groups in total. The van der Waals surface area contributed by atoms with E-state index in [4.69, 9.17) is 4.74 Å². The molecule has 0 saturated heterocycles. The highest BCUT2D eigenvalue weighted by molar-refractivity contribution is 7.98. The van der Waals surface area contributed by atoms with Gasteiger partial charge in [0.05, 0.1) is 28.7 Å². The lowest BCUT2D eigenvalue weighted by molar-refractivity contribution is -0.384. The zero-order valence-corrected chi connectivity index (χ0v) is 17.1. The van der Waals surface area contributed by atoms with Gasteiger partial charge in [-0.3, -0.25) is 14.9 Å². The van der Waals surface area contributed by atoms with Gasteiger partial charge in [-0.1, -0.05) is 23.5 Å². The average Bonchev–Trinajstić information content (AvgIpc) is 3.02. The Kier molecular flexibility index (Phi) is 6.48. The molecule has 9 heteroatoms. The van der Waals surface area contributed by atoms with Crippen molar-refractivity contribution in [2.75, 3.05) is 19.1 Å². The van der Waals surface area contributed by atoms with Crippen LogP contribution < -0.4 is 9.54 Å². The highest BCUT2D eigenvalue weighted by Crippen LogP contribution is 2.23. The minimum Gasteiger partial charge on any atom is -0.497 e. The molecule has 0 aliphatic rings. The number of thiazole rings is 1. The molecule has 2 aromatic carbocycles. The molecule has 0 aliphatic carbocycles. The molecule has 0 radical (unpaired) electrons. The van der Waals surface area contributed by atoms with Crippen LogP contribution in [0.2, 0.25) is 0 Å². The van der Waals surface area contributed by atoms with Gasteiger partial charge in [-0.05, 0) is 30.0 Å². The van der Waals surface area contributed by atoms with Crippen LogP contribution in [0.3, 0.4) is 0 Å². The van der Waals surface area contributed by atoms with Crippen LogP contribution >= 0.6 is 23.1 Å². The number of nitro groups is 1. The van der Waals surface area contributed by atoms with Crippen molar-refractivity contribution in [2.45, 2.75) is 13.0 Å². The maximum Gasteiger partial charge on any atom is 0.270 e. The van der Waals surface area contributed by atoms with Crippen LogP contribution in [0.15, 0.2) is 47.5 Å². The lowest BCUT2D eigenvalue weighted by atomic mass is 10.1. The van der Waals surface area contributed by atoms with Crippen molar-refractivity contribution in [3.63, 3.8) is 0 Å². The zero-order valence-electron chi connectivity index (χ0n) is 15.5. The molecule has 28 heavy (non-hydrogen) atoms. The molecule has 1 amide bonds. The van der Waals surface area contributed by atoms with E-state index < -0.39 is 4.92 Å². The smallest absolute Gasteiger partial charge is 0.270 e. The number of benzene rings is 2. The van der Waals surface area contributed by atoms with Crippen molar-refractivity contribution in [2.24, 2.45) is 4.99 Å². The van der Waals surface area contributed by atoms with Crippen molar-refractivity contribution in [1.82, 2.24) is 4.57 Å². The Hall–Kier alpha value is -2.65. The summed E-state index contributed by atoms with van der Waals surface area (Å²) in [7, 11) is 1.59. The minimum atomic E-state index is -0.420.